The van der Waals surface area contributed by atoms with Gasteiger partial charge >= 0.3 is 0 Å². The molecule has 1 fully saturated rings. The van der Waals surface area contributed by atoms with Gasteiger partial charge in [-0.3, -0.25) is 0 Å². The molecule has 0 amide bonds. The van der Waals surface area contributed by atoms with E-state index in [1.54, 1.807) is 17.8 Å². The van der Waals surface area contributed by atoms with Gasteiger partial charge in [0.05, 0.1) is 0 Å². The van der Waals surface area contributed by atoms with E-state index in [1.165, 1.54) is 6.07 Å². The first kappa shape index (κ1) is 12.9. The van der Waals surface area contributed by atoms with Gasteiger partial charge in [0.15, 0.2) is 0 Å². The minimum atomic E-state index is -0.156. The fourth-order valence-corrected chi connectivity index (χ4v) is 3.30. The van der Waals surface area contributed by atoms with E-state index in [4.69, 9.17) is 10.5 Å². The summed E-state index contributed by atoms with van der Waals surface area (Å²) >= 11 is 1.61. The molecule has 1 aromatic carbocycles. The molecule has 0 spiro atoms. The summed E-state index contributed by atoms with van der Waals surface area (Å²) in [6.07, 6.45) is 1.97. The Bertz CT molecular complexity index is 378. The van der Waals surface area contributed by atoms with E-state index in [2.05, 4.69) is 0 Å². The van der Waals surface area contributed by atoms with E-state index < -0.39 is 0 Å². The number of hydrogen-bond donors (Lipinski definition) is 1. The van der Waals surface area contributed by atoms with Gasteiger partial charge in [-0.2, -0.15) is 0 Å². The highest BCUT2D eigenvalue weighted by Gasteiger charge is 2.20. The zero-order valence-electron chi connectivity index (χ0n) is 9.99. The zero-order chi connectivity index (χ0) is 12.3. The molecule has 4 heteroatoms. The SMILES string of the molecule is C[C@H](N)c1cccc(F)c1SC1CCOCC1. The lowest BCUT2D eigenvalue weighted by Crippen LogP contribution is -2.18. The summed E-state index contributed by atoms with van der Waals surface area (Å²) < 4.78 is 19.2. The maximum Gasteiger partial charge on any atom is 0.137 e. The number of ether oxygens (including phenoxy) is 1. The van der Waals surface area contributed by atoms with Crippen LogP contribution in [0.1, 0.15) is 31.4 Å². The van der Waals surface area contributed by atoms with Crippen molar-refractivity contribution < 1.29 is 9.13 Å². The normalized spacial score (nSPS) is 19.2. The maximum absolute atomic E-state index is 13.9. The molecule has 1 heterocycles. The van der Waals surface area contributed by atoms with Crippen LogP contribution in [-0.2, 0) is 4.74 Å². The van der Waals surface area contributed by atoms with Crippen LogP contribution in [0.4, 0.5) is 4.39 Å². The number of nitrogens with two attached hydrogens (primary N) is 1. The molecule has 0 aliphatic carbocycles. The van der Waals surface area contributed by atoms with Gasteiger partial charge in [-0.1, -0.05) is 12.1 Å². The van der Waals surface area contributed by atoms with Crippen LogP contribution in [0.5, 0.6) is 0 Å². The third kappa shape index (κ3) is 3.21. The second kappa shape index (κ2) is 5.85. The predicted molar refractivity (Wildman–Crippen MR) is 68.7 cm³/mol. The highest BCUT2D eigenvalue weighted by Crippen LogP contribution is 2.35. The second-order valence-corrected chi connectivity index (χ2v) is 5.69. The van der Waals surface area contributed by atoms with Gasteiger partial charge in [0.1, 0.15) is 5.82 Å². The van der Waals surface area contributed by atoms with Gasteiger partial charge in [0.25, 0.3) is 0 Å². The Hall–Kier alpha value is -0.580. The van der Waals surface area contributed by atoms with Crippen molar-refractivity contribution in [2.75, 3.05) is 13.2 Å². The molecule has 0 unspecified atom stereocenters. The first-order chi connectivity index (χ1) is 8.18. The van der Waals surface area contributed by atoms with Crippen LogP contribution in [0, 0.1) is 5.82 Å². The molecule has 1 aliphatic heterocycles. The fraction of sp³-hybridized carbons (Fsp3) is 0.538. The van der Waals surface area contributed by atoms with Crippen LogP contribution in [0.3, 0.4) is 0 Å². The zero-order valence-corrected chi connectivity index (χ0v) is 10.8. The molecular formula is C13H18FNOS. The number of rotatable bonds is 3. The van der Waals surface area contributed by atoms with Crippen molar-refractivity contribution in [3.05, 3.63) is 29.6 Å². The van der Waals surface area contributed by atoms with Crippen LogP contribution < -0.4 is 5.73 Å². The summed E-state index contributed by atoms with van der Waals surface area (Å²) in [6, 6.07) is 5.01. The quantitative estimate of drug-likeness (QED) is 0.901. The highest BCUT2D eigenvalue weighted by atomic mass is 32.2. The van der Waals surface area contributed by atoms with E-state index in [-0.39, 0.29) is 11.9 Å². The highest BCUT2D eigenvalue weighted by molar-refractivity contribution is 8.00. The molecule has 2 N–H and O–H groups in total. The van der Waals surface area contributed by atoms with E-state index >= 15 is 0 Å². The molecule has 1 aromatic rings. The minimum Gasteiger partial charge on any atom is -0.381 e. The molecular weight excluding hydrogens is 237 g/mol. The third-order valence-electron chi connectivity index (χ3n) is 2.94. The fourth-order valence-electron chi connectivity index (χ4n) is 1.97. The molecule has 2 rings (SSSR count). The van der Waals surface area contributed by atoms with Crippen molar-refractivity contribution in [3.63, 3.8) is 0 Å². The van der Waals surface area contributed by atoms with Crippen molar-refractivity contribution in [1.82, 2.24) is 0 Å². The predicted octanol–water partition coefficient (Wildman–Crippen LogP) is 3.12. The Morgan fingerprint density at radius 3 is 2.76 bits per heavy atom. The largest absolute Gasteiger partial charge is 0.381 e. The van der Waals surface area contributed by atoms with Crippen molar-refractivity contribution in [2.45, 2.75) is 36.0 Å². The molecule has 0 bridgehead atoms. The Morgan fingerprint density at radius 1 is 1.41 bits per heavy atom. The lowest BCUT2D eigenvalue weighted by Gasteiger charge is -2.23. The summed E-state index contributed by atoms with van der Waals surface area (Å²) in [7, 11) is 0. The number of hydrogen-bond acceptors (Lipinski definition) is 3. The first-order valence-corrected chi connectivity index (χ1v) is 6.85. The van der Waals surface area contributed by atoms with Crippen molar-refractivity contribution in [1.29, 1.82) is 0 Å². The van der Waals surface area contributed by atoms with E-state index in [1.807, 2.05) is 13.0 Å². The molecule has 17 heavy (non-hydrogen) atoms. The molecule has 0 saturated carbocycles. The molecule has 2 nitrogen and oxygen atoms in total. The Kier molecular flexibility index (Phi) is 4.42. The summed E-state index contributed by atoms with van der Waals surface area (Å²) in [5, 5.41) is 0.443. The lowest BCUT2D eigenvalue weighted by molar-refractivity contribution is 0.1000. The van der Waals surface area contributed by atoms with E-state index in [0.29, 0.717) is 5.25 Å². The monoisotopic (exact) mass is 255 g/mol. The molecule has 94 valence electrons. The van der Waals surface area contributed by atoms with Gasteiger partial charge < -0.3 is 10.5 Å². The van der Waals surface area contributed by atoms with E-state index in [0.717, 1.165) is 36.5 Å². The summed E-state index contributed by atoms with van der Waals surface area (Å²) in [5.41, 5.74) is 6.79. The van der Waals surface area contributed by atoms with Crippen LogP contribution in [0.2, 0.25) is 0 Å². The Balaban J connectivity index is 2.18. The average Bonchev–Trinajstić information content (AvgIpc) is 2.33. The third-order valence-corrected chi connectivity index (χ3v) is 4.41. The Labute approximate surface area is 106 Å². The average molecular weight is 255 g/mol. The number of halogens is 1. The Morgan fingerprint density at radius 2 is 2.12 bits per heavy atom. The molecule has 0 aromatic heterocycles. The lowest BCUT2D eigenvalue weighted by atomic mass is 10.1. The van der Waals surface area contributed by atoms with Crippen LogP contribution in [0.25, 0.3) is 0 Å². The number of thioether (sulfide) groups is 1. The maximum atomic E-state index is 13.9. The van der Waals surface area contributed by atoms with Crippen LogP contribution in [-0.4, -0.2) is 18.5 Å². The standard InChI is InChI=1S/C13H18FNOS/c1-9(15)11-3-2-4-12(14)13(11)17-10-5-7-16-8-6-10/h2-4,9-10H,5-8,15H2,1H3/t9-/m0/s1. The minimum absolute atomic E-state index is 0.131. The summed E-state index contributed by atoms with van der Waals surface area (Å²) in [6.45, 7) is 3.45. The first-order valence-electron chi connectivity index (χ1n) is 5.97. The second-order valence-electron chi connectivity index (χ2n) is 4.38. The van der Waals surface area contributed by atoms with E-state index in [9.17, 15) is 4.39 Å². The molecule has 1 saturated heterocycles. The summed E-state index contributed by atoms with van der Waals surface area (Å²) in [5.74, 6) is -0.156. The van der Waals surface area contributed by atoms with Crippen molar-refractivity contribution >= 4 is 11.8 Å². The van der Waals surface area contributed by atoms with Gasteiger partial charge in [0.2, 0.25) is 0 Å². The van der Waals surface area contributed by atoms with Crippen LogP contribution >= 0.6 is 11.8 Å². The molecule has 1 aliphatic rings. The van der Waals surface area contributed by atoms with Gasteiger partial charge in [0, 0.05) is 29.4 Å². The smallest absolute Gasteiger partial charge is 0.137 e. The molecule has 1 atom stereocenters. The summed E-state index contributed by atoms with van der Waals surface area (Å²) in [4.78, 5) is 0.717. The van der Waals surface area contributed by atoms with Crippen LogP contribution in [0.15, 0.2) is 23.1 Å². The van der Waals surface area contributed by atoms with Gasteiger partial charge in [-0.05, 0) is 31.4 Å². The molecule has 0 radical (unpaired) electrons. The topological polar surface area (TPSA) is 35.2 Å². The van der Waals surface area contributed by atoms with Gasteiger partial charge in [-0.25, -0.2) is 4.39 Å². The van der Waals surface area contributed by atoms with Crippen molar-refractivity contribution in [3.8, 4) is 0 Å². The van der Waals surface area contributed by atoms with Gasteiger partial charge in [-0.15, -0.1) is 11.8 Å². The number of benzene rings is 1. The van der Waals surface area contributed by atoms with Crippen molar-refractivity contribution in [2.24, 2.45) is 5.73 Å².